The van der Waals surface area contributed by atoms with E-state index >= 15 is 0 Å². The number of carbonyl (C=O) groups excluding carboxylic acids is 1. The number of halogens is 3. The topological polar surface area (TPSA) is 48.1 Å². The van der Waals surface area contributed by atoms with Gasteiger partial charge in [-0.15, -0.1) is 0 Å². The molecule has 2 amide bonds. The fraction of sp³-hybridized carbons (Fsp3) is 0.667. The number of hydrogen-bond donors (Lipinski definition) is 1. The van der Waals surface area contributed by atoms with Crippen molar-refractivity contribution >= 4 is 17.4 Å². The van der Waals surface area contributed by atoms with E-state index in [1.807, 2.05) is 4.90 Å². The molecule has 1 N–H and O–H groups in total. The SMILES string of the molecule is O=C(Nc1cc(C(F)(F)F)ccc1N1CCOCC1)N1CCC[C@@H](N2CCCC2)C1. The molecule has 0 aliphatic carbocycles. The number of carbonyl (C=O) groups is 1. The molecule has 3 heterocycles. The highest BCUT2D eigenvalue weighted by Gasteiger charge is 2.33. The Morgan fingerprint density at radius 2 is 1.77 bits per heavy atom. The molecular formula is C21H29F3N4O2. The molecule has 4 rings (SSSR count). The van der Waals surface area contributed by atoms with Crippen LogP contribution in [0.3, 0.4) is 0 Å². The Morgan fingerprint density at radius 3 is 2.47 bits per heavy atom. The number of amides is 2. The van der Waals surface area contributed by atoms with Gasteiger partial charge in [0.15, 0.2) is 0 Å². The van der Waals surface area contributed by atoms with Crippen LogP contribution < -0.4 is 10.2 Å². The number of urea groups is 1. The normalized spacial score (nSPS) is 23.6. The number of likely N-dealkylation sites (tertiary alicyclic amines) is 2. The van der Waals surface area contributed by atoms with E-state index in [1.54, 1.807) is 4.90 Å². The van der Waals surface area contributed by atoms with Crippen LogP contribution in [-0.2, 0) is 10.9 Å². The molecule has 0 radical (unpaired) electrons. The van der Waals surface area contributed by atoms with Crippen molar-refractivity contribution < 1.29 is 22.7 Å². The highest BCUT2D eigenvalue weighted by atomic mass is 19.4. The summed E-state index contributed by atoms with van der Waals surface area (Å²) in [6.45, 7) is 5.56. The summed E-state index contributed by atoms with van der Waals surface area (Å²) in [7, 11) is 0. The molecule has 0 bridgehead atoms. The lowest BCUT2D eigenvalue weighted by molar-refractivity contribution is -0.137. The third kappa shape index (κ3) is 4.83. The third-order valence-electron chi connectivity index (χ3n) is 6.26. The number of morpholine rings is 1. The Labute approximate surface area is 174 Å². The van der Waals surface area contributed by atoms with E-state index in [0.717, 1.165) is 38.1 Å². The molecule has 3 aliphatic heterocycles. The molecule has 1 aromatic rings. The molecule has 3 saturated heterocycles. The number of nitrogens with one attached hydrogen (secondary N) is 1. The van der Waals surface area contributed by atoms with E-state index in [2.05, 4.69) is 10.2 Å². The van der Waals surface area contributed by atoms with Gasteiger partial charge in [0.2, 0.25) is 0 Å². The fourth-order valence-corrected chi connectivity index (χ4v) is 4.63. The number of ether oxygens (including phenoxy) is 1. The summed E-state index contributed by atoms with van der Waals surface area (Å²) in [6.07, 6.45) is -0.111. The maximum absolute atomic E-state index is 13.3. The van der Waals surface area contributed by atoms with E-state index < -0.39 is 11.7 Å². The molecular weight excluding hydrogens is 397 g/mol. The van der Waals surface area contributed by atoms with E-state index in [4.69, 9.17) is 4.74 Å². The van der Waals surface area contributed by atoms with Gasteiger partial charge in [-0.25, -0.2) is 4.79 Å². The van der Waals surface area contributed by atoms with Crippen LogP contribution in [0.15, 0.2) is 18.2 Å². The number of piperidine rings is 1. The monoisotopic (exact) mass is 426 g/mol. The smallest absolute Gasteiger partial charge is 0.378 e. The minimum atomic E-state index is -4.46. The number of hydrogen-bond acceptors (Lipinski definition) is 4. The van der Waals surface area contributed by atoms with E-state index in [-0.39, 0.29) is 11.7 Å². The molecule has 1 atom stereocenters. The predicted octanol–water partition coefficient (Wildman–Crippen LogP) is 3.63. The second kappa shape index (κ2) is 9.01. The van der Waals surface area contributed by atoms with E-state index in [0.29, 0.717) is 51.1 Å². The molecule has 3 fully saturated rings. The maximum Gasteiger partial charge on any atom is 0.416 e. The first-order valence-electron chi connectivity index (χ1n) is 10.8. The quantitative estimate of drug-likeness (QED) is 0.802. The summed E-state index contributed by atoms with van der Waals surface area (Å²) in [5.74, 6) is 0. The van der Waals surface area contributed by atoms with Crippen LogP contribution in [0.2, 0.25) is 0 Å². The molecule has 0 aromatic heterocycles. The number of nitrogens with zero attached hydrogens (tertiary/aromatic N) is 3. The van der Waals surface area contributed by atoms with Crippen LogP contribution in [0.25, 0.3) is 0 Å². The lowest BCUT2D eigenvalue weighted by Gasteiger charge is -2.38. The Balaban J connectivity index is 1.51. The summed E-state index contributed by atoms with van der Waals surface area (Å²) >= 11 is 0. The second-order valence-corrected chi connectivity index (χ2v) is 8.24. The summed E-state index contributed by atoms with van der Waals surface area (Å²) in [4.78, 5) is 19.1. The van der Waals surface area contributed by atoms with Gasteiger partial charge in [-0.05, 0) is 57.0 Å². The van der Waals surface area contributed by atoms with E-state index in [9.17, 15) is 18.0 Å². The summed E-state index contributed by atoms with van der Waals surface area (Å²) in [5, 5.41) is 2.79. The van der Waals surface area contributed by atoms with Crippen LogP contribution in [-0.4, -0.2) is 74.4 Å². The number of rotatable bonds is 3. The third-order valence-corrected chi connectivity index (χ3v) is 6.26. The van der Waals surface area contributed by atoms with Crippen molar-refractivity contribution in [3.8, 4) is 0 Å². The van der Waals surface area contributed by atoms with Crippen molar-refractivity contribution in [2.75, 3.05) is 62.7 Å². The molecule has 166 valence electrons. The zero-order chi connectivity index (χ0) is 21.1. The van der Waals surface area contributed by atoms with Crippen molar-refractivity contribution in [1.82, 2.24) is 9.80 Å². The van der Waals surface area contributed by atoms with Gasteiger partial charge in [0.1, 0.15) is 0 Å². The van der Waals surface area contributed by atoms with Gasteiger partial charge < -0.3 is 19.9 Å². The van der Waals surface area contributed by atoms with Crippen molar-refractivity contribution in [3.63, 3.8) is 0 Å². The Hall–Kier alpha value is -2.00. The maximum atomic E-state index is 13.3. The molecule has 30 heavy (non-hydrogen) atoms. The number of benzene rings is 1. The Kier molecular flexibility index (Phi) is 6.38. The van der Waals surface area contributed by atoms with Gasteiger partial charge in [-0.3, -0.25) is 4.90 Å². The summed E-state index contributed by atoms with van der Waals surface area (Å²) in [6, 6.07) is 3.59. The highest BCUT2D eigenvalue weighted by Crippen LogP contribution is 2.36. The predicted molar refractivity (Wildman–Crippen MR) is 109 cm³/mol. The van der Waals surface area contributed by atoms with Crippen molar-refractivity contribution in [2.24, 2.45) is 0 Å². The summed E-state index contributed by atoms with van der Waals surface area (Å²) in [5.41, 5.74) is 0.0520. The second-order valence-electron chi connectivity index (χ2n) is 8.24. The average Bonchev–Trinajstić information content (AvgIpc) is 3.29. The lowest BCUT2D eigenvalue weighted by Crippen LogP contribution is -2.50. The molecule has 6 nitrogen and oxygen atoms in total. The van der Waals surface area contributed by atoms with Crippen LogP contribution in [0.5, 0.6) is 0 Å². The molecule has 9 heteroatoms. The lowest BCUT2D eigenvalue weighted by atomic mass is 10.0. The number of anilines is 2. The molecule has 1 aromatic carbocycles. The average molecular weight is 426 g/mol. The standard InChI is InChI=1S/C21H29F3N4O2/c22-21(23,24)16-5-6-19(27-10-12-30-13-11-27)18(14-16)25-20(29)28-9-3-4-17(15-28)26-7-1-2-8-26/h5-6,14,17H,1-4,7-13,15H2,(H,25,29)/t17-/m1/s1. The minimum Gasteiger partial charge on any atom is -0.378 e. The summed E-state index contributed by atoms with van der Waals surface area (Å²) < 4.78 is 45.2. The first-order chi connectivity index (χ1) is 14.4. The zero-order valence-corrected chi connectivity index (χ0v) is 17.1. The first-order valence-corrected chi connectivity index (χ1v) is 10.8. The highest BCUT2D eigenvalue weighted by molar-refractivity contribution is 5.93. The van der Waals surface area contributed by atoms with Crippen LogP contribution in [0.1, 0.15) is 31.2 Å². The van der Waals surface area contributed by atoms with Crippen molar-refractivity contribution in [2.45, 2.75) is 37.9 Å². The fourth-order valence-electron chi connectivity index (χ4n) is 4.63. The van der Waals surface area contributed by atoms with Gasteiger partial charge in [-0.2, -0.15) is 13.2 Å². The van der Waals surface area contributed by atoms with Gasteiger partial charge in [0.25, 0.3) is 0 Å². The largest absolute Gasteiger partial charge is 0.416 e. The van der Waals surface area contributed by atoms with Gasteiger partial charge >= 0.3 is 12.2 Å². The zero-order valence-electron chi connectivity index (χ0n) is 17.1. The van der Waals surface area contributed by atoms with Gasteiger partial charge in [0.05, 0.1) is 30.2 Å². The van der Waals surface area contributed by atoms with Crippen LogP contribution in [0, 0.1) is 0 Å². The van der Waals surface area contributed by atoms with Crippen molar-refractivity contribution in [1.29, 1.82) is 0 Å². The molecule has 0 spiro atoms. The minimum absolute atomic E-state index is 0.208. The number of alkyl halides is 3. The van der Waals surface area contributed by atoms with Crippen molar-refractivity contribution in [3.05, 3.63) is 23.8 Å². The van der Waals surface area contributed by atoms with Gasteiger partial charge in [-0.1, -0.05) is 0 Å². The molecule has 3 aliphatic rings. The van der Waals surface area contributed by atoms with Gasteiger partial charge in [0, 0.05) is 32.2 Å². The Bertz CT molecular complexity index is 746. The first kappa shape index (κ1) is 21.2. The van der Waals surface area contributed by atoms with E-state index in [1.165, 1.54) is 18.9 Å². The van der Waals surface area contributed by atoms with Crippen LogP contribution >= 0.6 is 0 Å². The Morgan fingerprint density at radius 1 is 1.03 bits per heavy atom. The van der Waals surface area contributed by atoms with Crippen LogP contribution in [0.4, 0.5) is 29.3 Å². The molecule has 0 saturated carbocycles. The molecule has 0 unspecified atom stereocenters.